The van der Waals surface area contributed by atoms with E-state index in [1.807, 2.05) is 29.3 Å². The Morgan fingerprint density at radius 2 is 1.96 bits per heavy atom. The summed E-state index contributed by atoms with van der Waals surface area (Å²) in [6.07, 6.45) is 6.31. The van der Waals surface area contributed by atoms with Crippen LogP contribution in [0.4, 0.5) is 5.82 Å². The first-order valence-corrected chi connectivity index (χ1v) is 10.1. The molecule has 4 rings (SSSR count). The lowest BCUT2D eigenvalue weighted by molar-refractivity contribution is -0.138. The summed E-state index contributed by atoms with van der Waals surface area (Å²) in [6.45, 7) is 6.22. The van der Waals surface area contributed by atoms with E-state index in [1.165, 1.54) is 12.8 Å². The number of nitrogens with one attached hydrogen (secondary N) is 1. The molecule has 3 saturated heterocycles. The zero-order chi connectivity index (χ0) is 17.8. The molecule has 0 aliphatic carbocycles. The number of hydrogen-bond acceptors (Lipinski definition) is 5. The molecule has 1 aromatic rings. The van der Waals surface area contributed by atoms with E-state index in [2.05, 4.69) is 15.2 Å². The van der Waals surface area contributed by atoms with Crippen LogP contribution in [0.1, 0.15) is 25.7 Å². The molecule has 6 heteroatoms. The predicted octanol–water partition coefficient (Wildman–Crippen LogP) is 1.52. The van der Waals surface area contributed by atoms with E-state index in [0.717, 1.165) is 64.5 Å². The number of carbonyl (C=O) groups is 1. The molecule has 1 N–H and O–H groups in total. The summed E-state index contributed by atoms with van der Waals surface area (Å²) >= 11 is 0. The number of pyridine rings is 1. The molecule has 0 bridgehead atoms. The lowest BCUT2D eigenvalue weighted by Crippen LogP contribution is -2.51. The summed E-state index contributed by atoms with van der Waals surface area (Å²) in [5.41, 5.74) is 0. The second-order valence-corrected chi connectivity index (χ2v) is 7.73. The van der Waals surface area contributed by atoms with Crippen LogP contribution in [0.25, 0.3) is 0 Å². The minimum absolute atomic E-state index is 0.0614. The third-order valence-electron chi connectivity index (χ3n) is 6.12. The average Bonchev–Trinajstić information content (AvgIpc) is 3.17. The molecule has 142 valence electrons. The van der Waals surface area contributed by atoms with Gasteiger partial charge in [-0.2, -0.15) is 0 Å². The van der Waals surface area contributed by atoms with Crippen molar-refractivity contribution >= 4 is 11.7 Å². The van der Waals surface area contributed by atoms with Gasteiger partial charge in [-0.1, -0.05) is 6.07 Å². The Morgan fingerprint density at radius 3 is 2.69 bits per heavy atom. The summed E-state index contributed by atoms with van der Waals surface area (Å²) in [6, 6.07) is 5.99. The Labute approximate surface area is 155 Å². The zero-order valence-electron chi connectivity index (χ0n) is 15.5. The highest BCUT2D eigenvalue weighted by molar-refractivity contribution is 5.80. The van der Waals surface area contributed by atoms with Crippen LogP contribution in [0.15, 0.2) is 24.4 Å². The van der Waals surface area contributed by atoms with Crippen LogP contribution in [-0.2, 0) is 9.53 Å². The predicted molar refractivity (Wildman–Crippen MR) is 101 cm³/mol. The molecule has 2 atom stereocenters. The Kier molecular flexibility index (Phi) is 5.70. The molecule has 0 aromatic carbocycles. The minimum atomic E-state index is 0.0614. The van der Waals surface area contributed by atoms with Crippen molar-refractivity contribution < 1.29 is 9.53 Å². The van der Waals surface area contributed by atoms with Crippen molar-refractivity contribution in [1.29, 1.82) is 0 Å². The first kappa shape index (κ1) is 17.7. The van der Waals surface area contributed by atoms with Crippen LogP contribution < -0.4 is 10.2 Å². The van der Waals surface area contributed by atoms with E-state index in [1.54, 1.807) is 0 Å². The van der Waals surface area contributed by atoms with Gasteiger partial charge in [0, 0.05) is 39.0 Å². The van der Waals surface area contributed by atoms with Crippen molar-refractivity contribution in [1.82, 2.24) is 15.2 Å². The summed E-state index contributed by atoms with van der Waals surface area (Å²) in [5, 5.41) is 3.42. The van der Waals surface area contributed by atoms with Crippen LogP contribution in [0.2, 0.25) is 0 Å². The lowest BCUT2D eigenvalue weighted by Gasteiger charge is -2.37. The normalized spacial score (nSPS) is 27.7. The number of piperazine rings is 1. The number of nitrogens with zero attached hydrogens (tertiary/aromatic N) is 3. The SMILES string of the molecule is O=C([C@@H]1CCO[C@@H]1CC1CCNCC1)N1CCN(c2ccccn2)CC1. The van der Waals surface area contributed by atoms with Crippen LogP contribution in [0.3, 0.4) is 0 Å². The van der Waals surface area contributed by atoms with Crippen molar-refractivity contribution in [3.63, 3.8) is 0 Å². The molecule has 6 nitrogen and oxygen atoms in total. The van der Waals surface area contributed by atoms with E-state index in [0.29, 0.717) is 11.8 Å². The fourth-order valence-electron chi connectivity index (χ4n) is 4.54. The Hall–Kier alpha value is -1.66. The number of piperidine rings is 1. The van der Waals surface area contributed by atoms with Crippen molar-refractivity contribution in [2.24, 2.45) is 11.8 Å². The smallest absolute Gasteiger partial charge is 0.228 e. The van der Waals surface area contributed by atoms with E-state index >= 15 is 0 Å². The van der Waals surface area contributed by atoms with Crippen molar-refractivity contribution in [2.75, 3.05) is 50.8 Å². The number of aromatic nitrogens is 1. The van der Waals surface area contributed by atoms with Gasteiger partial charge in [-0.3, -0.25) is 4.79 Å². The van der Waals surface area contributed by atoms with Gasteiger partial charge in [0.2, 0.25) is 5.91 Å². The maximum absolute atomic E-state index is 13.1. The van der Waals surface area contributed by atoms with E-state index < -0.39 is 0 Å². The van der Waals surface area contributed by atoms with Crippen molar-refractivity contribution in [2.45, 2.75) is 31.8 Å². The molecule has 4 heterocycles. The van der Waals surface area contributed by atoms with E-state index in [4.69, 9.17) is 4.74 Å². The highest BCUT2D eigenvalue weighted by Crippen LogP contribution is 2.31. The third kappa shape index (κ3) is 4.01. The fraction of sp³-hybridized carbons (Fsp3) is 0.700. The van der Waals surface area contributed by atoms with Gasteiger partial charge in [0.1, 0.15) is 5.82 Å². The molecule has 26 heavy (non-hydrogen) atoms. The number of ether oxygens (including phenoxy) is 1. The summed E-state index contributed by atoms with van der Waals surface area (Å²) in [5.74, 6) is 2.08. The monoisotopic (exact) mass is 358 g/mol. The Balaban J connectivity index is 1.31. The molecular formula is C20H30N4O2. The highest BCUT2D eigenvalue weighted by Gasteiger charge is 2.38. The maximum Gasteiger partial charge on any atom is 0.228 e. The number of rotatable bonds is 4. The molecule has 3 fully saturated rings. The Morgan fingerprint density at radius 1 is 1.15 bits per heavy atom. The Bertz CT molecular complexity index is 583. The number of hydrogen-bond donors (Lipinski definition) is 1. The third-order valence-corrected chi connectivity index (χ3v) is 6.12. The van der Waals surface area contributed by atoms with Crippen LogP contribution in [0, 0.1) is 11.8 Å². The van der Waals surface area contributed by atoms with Crippen LogP contribution in [-0.4, -0.2) is 67.8 Å². The summed E-state index contributed by atoms with van der Waals surface area (Å²) < 4.78 is 5.98. The van der Waals surface area contributed by atoms with E-state index in [-0.39, 0.29) is 12.0 Å². The van der Waals surface area contributed by atoms with Gasteiger partial charge in [0.15, 0.2) is 0 Å². The lowest BCUT2D eigenvalue weighted by atomic mass is 9.86. The van der Waals surface area contributed by atoms with Crippen LogP contribution >= 0.6 is 0 Å². The first-order chi connectivity index (χ1) is 12.8. The average molecular weight is 358 g/mol. The first-order valence-electron chi connectivity index (χ1n) is 10.1. The van der Waals surface area contributed by atoms with Gasteiger partial charge >= 0.3 is 0 Å². The van der Waals surface area contributed by atoms with E-state index in [9.17, 15) is 4.79 Å². The highest BCUT2D eigenvalue weighted by atomic mass is 16.5. The molecule has 0 radical (unpaired) electrons. The molecule has 0 unspecified atom stereocenters. The van der Waals surface area contributed by atoms with Crippen molar-refractivity contribution in [3.8, 4) is 0 Å². The van der Waals surface area contributed by atoms with Gasteiger partial charge in [-0.25, -0.2) is 4.98 Å². The molecule has 3 aliphatic heterocycles. The fourth-order valence-corrected chi connectivity index (χ4v) is 4.54. The van der Waals surface area contributed by atoms with Crippen LogP contribution in [0.5, 0.6) is 0 Å². The van der Waals surface area contributed by atoms with Gasteiger partial charge in [0.25, 0.3) is 0 Å². The second kappa shape index (κ2) is 8.35. The minimum Gasteiger partial charge on any atom is -0.377 e. The van der Waals surface area contributed by atoms with Gasteiger partial charge in [-0.05, 0) is 56.8 Å². The number of carbonyl (C=O) groups excluding carboxylic acids is 1. The van der Waals surface area contributed by atoms with Gasteiger partial charge in [-0.15, -0.1) is 0 Å². The topological polar surface area (TPSA) is 57.7 Å². The van der Waals surface area contributed by atoms with Gasteiger partial charge < -0.3 is 19.9 Å². The molecule has 0 spiro atoms. The quantitative estimate of drug-likeness (QED) is 0.884. The number of anilines is 1. The largest absolute Gasteiger partial charge is 0.377 e. The standard InChI is InChI=1S/C20H30N4O2/c25-20(17-6-14-26-18(17)15-16-4-8-21-9-5-16)24-12-10-23(11-13-24)19-3-1-2-7-22-19/h1-3,7,16-18,21H,4-6,8-15H2/t17-,18-/m1/s1. The summed E-state index contributed by atoms with van der Waals surface area (Å²) in [4.78, 5) is 21.8. The number of amides is 1. The van der Waals surface area contributed by atoms with Gasteiger partial charge in [0.05, 0.1) is 12.0 Å². The molecular weight excluding hydrogens is 328 g/mol. The van der Waals surface area contributed by atoms with Crippen molar-refractivity contribution in [3.05, 3.63) is 24.4 Å². The molecule has 1 aromatic heterocycles. The maximum atomic E-state index is 13.1. The molecule has 1 amide bonds. The molecule has 3 aliphatic rings. The zero-order valence-corrected chi connectivity index (χ0v) is 15.5. The summed E-state index contributed by atoms with van der Waals surface area (Å²) in [7, 11) is 0. The second-order valence-electron chi connectivity index (χ2n) is 7.73. The molecule has 0 saturated carbocycles.